The van der Waals surface area contributed by atoms with Gasteiger partial charge in [-0.15, -0.1) is 12.4 Å². The minimum atomic E-state index is -0.220. The average molecular weight is 416 g/mol. The summed E-state index contributed by atoms with van der Waals surface area (Å²) in [5.41, 5.74) is 0.632. The molecule has 150 valence electrons. The second-order valence-electron chi connectivity index (χ2n) is 6.24. The fraction of sp³-hybridized carbons (Fsp3) is 0.556. The van der Waals surface area contributed by atoms with E-state index in [1.54, 1.807) is 23.1 Å². The van der Waals surface area contributed by atoms with Crippen LogP contribution >= 0.6 is 24.2 Å². The molecule has 2 aliphatic rings. The number of thioether (sulfide) groups is 1. The van der Waals surface area contributed by atoms with Crippen LogP contribution in [0.3, 0.4) is 0 Å². The lowest BCUT2D eigenvalue weighted by Crippen LogP contribution is -2.44. The Labute approximate surface area is 169 Å². The highest BCUT2D eigenvalue weighted by Gasteiger charge is 2.22. The Morgan fingerprint density at radius 1 is 1.30 bits per heavy atom. The van der Waals surface area contributed by atoms with Gasteiger partial charge in [-0.1, -0.05) is 0 Å². The zero-order chi connectivity index (χ0) is 18.4. The van der Waals surface area contributed by atoms with Crippen molar-refractivity contribution in [2.45, 2.75) is 19.4 Å². The third-order valence-corrected chi connectivity index (χ3v) is 5.45. The van der Waals surface area contributed by atoms with Crippen LogP contribution in [0.25, 0.3) is 0 Å². The highest BCUT2D eigenvalue weighted by atomic mass is 35.5. The minimum Gasteiger partial charge on any atom is -0.486 e. The number of amides is 2. The topological polar surface area (TPSA) is 79.9 Å². The Balaban J connectivity index is 0.00000261. The van der Waals surface area contributed by atoms with Gasteiger partial charge in [-0.05, 0) is 19.1 Å². The summed E-state index contributed by atoms with van der Waals surface area (Å²) >= 11 is 1.86. The van der Waals surface area contributed by atoms with E-state index in [2.05, 4.69) is 10.6 Å². The molecule has 0 aliphatic carbocycles. The van der Waals surface area contributed by atoms with Crippen molar-refractivity contribution in [3.05, 3.63) is 18.2 Å². The van der Waals surface area contributed by atoms with Crippen molar-refractivity contribution >= 4 is 41.7 Å². The largest absolute Gasteiger partial charge is 0.486 e. The second kappa shape index (κ2) is 10.6. The molecule has 0 radical (unpaired) electrons. The summed E-state index contributed by atoms with van der Waals surface area (Å²) < 4.78 is 11.0. The fourth-order valence-electron chi connectivity index (χ4n) is 2.96. The average Bonchev–Trinajstić information content (AvgIpc) is 2.66. The molecular formula is C18H26ClN3O4S. The number of likely N-dealkylation sites (N-methyl/N-ethyl adjacent to an activating group) is 1. The van der Waals surface area contributed by atoms with Crippen molar-refractivity contribution in [3.8, 4) is 11.5 Å². The van der Waals surface area contributed by atoms with Gasteiger partial charge < -0.3 is 25.0 Å². The molecule has 2 heterocycles. The lowest BCUT2D eigenvalue weighted by atomic mass is 10.2. The van der Waals surface area contributed by atoms with Crippen LogP contribution in [0.4, 0.5) is 5.69 Å². The number of ether oxygens (including phenoxy) is 2. The Bertz CT molecular complexity index is 655. The predicted octanol–water partition coefficient (Wildman–Crippen LogP) is 1.76. The summed E-state index contributed by atoms with van der Waals surface area (Å²) in [6.45, 7) is 4.39. The summed E-state index contributed by atoms with van der Waals surface area (Å²) in [5, 5.41) is 6.18. The van der Waals surface area contributed by atoms with E-state index in [0.29, 0.717) is 43.4 Å². The highest BCUT2D eigenvalue weighted by Crippen LogP contribution is 2.32. The van der Waals surface area contributed by atoms with Crippen LogP contribution in [0.5, 0.6) is 11.5 Å². The maximum atomic E-state index is 12.5. The van der Waals surface area contributed by atoms with Crippen LogP contribution in [-0.4, -0.2) is 67.1 Å². The Kier molecular flexibility index (Phi) is 8.53. The molecule has 0 saturated carbocycles. The smallest absolute Gasteiger partial charge is 0.243 e. The predicted molar refractivity (Wildman–Crippen MR) is 109 cm³/mol. The number of benzene rings is 1. The molecule has 27 heavy (non-hydrogen) atoms. The van der Waals surface area contributed by atoms with Crippen LogP contribution in [0.15, 0.2) is 18.2 Å². The Morgan fingerprint density at radius 3 is 2.78 bits per heavy atom. The summed E-state index contributed by atoms with van der Waals surface area (Å²) in [4.78, 5) is 26.4. The molecule has 1 atom stereocenters. The highest BCUT2D eigenvalue weighted by molar-refractivity contribution is 7.99. The Morgan fingerprint density at radius 2 is 2.07 bits per heavy atom. The van der Waals surface area contributed by atoms with Gasteiger partial charge in [0, 0.05) is 48.8 Å². The summed E-state index contributed by atoms with van der Waals surface area (Å²) in [5.74, 6) is 3.11. The van der Waals surface area contributed by atoms with Gasteiger partial charge >= 0.3 is 0 Å². The first-order chi connectivity index (χ1) is 12.7. The molecule has 9 heteroatoms. The zero-order valence-electron chi connectivity index (χ0n) is 15.4. The zero-order valence-corrected chi connectivity index (χ0v) is 17.0. The maximum absolute atomic E-state index is 12.5. The van der Waals surface area contributed by atoms with Crippen molar-refractivity contribution in [2.24, 2.45) is 0 Å². The number of nitrogens with one attached hydrogen (secondary N) is 2. The molecule has 2 amide bonds. The number of hydrogen-bond acceptors (Lipinski definition) is 6. The van der Waals surface area contributed by atoms with Gasteiger partial charge in [0.15, 0.2) is 11.5 Å². The molecule has 1 fully saturated rings. The molecule has 7 nitrogen and oxygen atoms in total. The number of rotatable bonds is 6. The van der Waals surface area contributed by atoms with Crippen molar-refractivity contribution in [1.29, 1.82) is 0 Å². The number of fused-ring (bicyclic) bond motifs is 1. The SMILES string of the molecule is CCN(CC(=O)Nc1ccc2c(c1)OCCO2)C(=O)CC1CSCCN1.Cl. The Hall–Kier alpha value is -1.64. The van der Waals surface area contributed by atoms with Gasteiger partial charge in [0.1, 0.15) is 13.2 Å². The third kappa shape index (κ3) is 6.19. The van der Waals surface area contributed by atoms with Crippen molar-refractivity contribution in [2.75, 3.05) is 49.7 Å². The first-order valence-electron chi connectivity index (χ1n) is 8.94. The van der Waals surface area contributed by atoms with Crippen LogP contribution < -0.4 is 20.1 Å². The van der Waals surface area contributed by atoms with E-state index >= 15 is 0 Å². The van der Waals surface area contributed by atoms with Gasteiger partial charge in [-0.2, -0.15) is 11.8 Å². The van der Waals surface area contributed by atoms with E-state index in [1.807, 2.05) is 18.7 Å². The molecule has 1 aromatic carbocycles. The molecule has 1 aromatic rings. The number of carbonyl (C=O) groups excluding carboxylic acids is 2. The molecule has 0 spiro atoms. The van der Waals surface area contributed by atoms with Crippen LogP contribution in [-0.2, 0) is 9.59 Å². The monoisotopic (exact) mass is 415 g/mol. The molecule has 2 aliphatic heterocycles. The first-order valence-corrected chi connectivity index (χ1v) is 10.1. The lowest BCUT2D eigenvalue weighted by Gasteiger charge is -2.26. The molecule has 1 saturated heterocycles. The molecule has 1 unspecified atom stereocenters. The van der Waals surface area contributed by atoms with Crippen molar-refractivity contribution < 1.29 is 19.1 Å². The first kappa shape index (κ1) is 21.7. The van der Waals surface area contributed by atoms with E-state index in [-0.39, 0.29) is 36.8 Å². The number of carbonyl (C=O) groups is 2. The number of halogens is 1. The van der Waals surface area contributed by atoms with E-state index in [4.69, 9.17) is 9.47 Å². The van der Waals surface area contributed by atoms with Crippen molar-refractivity contribution in [3.63, 3.8) is 0 Å². The van der Waals surface area contributed by atoms with Gasteiger partial charge in [-0.25, -0.2) is 0 Å². The number of nitrogens with zero attached hydrogens (tertiary/aromatic N) is 1. The van der Waals surface area contributed by atoms with Gasteiger partial charge in [0.05, 0.1) is 6.54 Å². The summed E-state index contributed by atoms with van der Waals surface area (Å²) in [6.07, 6.45) is 0.429. The standard InChI is InChI=1S/C18H25N3O4S.ClH/c1-2-21(18(23)10-14-12-26-8-5-19-14)11-17(22)20-13-3-4-15-16(9-13)25-7-6-24-15;/h3-4,9,14,19H,2,5-8,10-12H2,1H3,(H,20,22);1H. The third-order valence-electron chi connectivity index (χ3n) is 4.31. The quantitative estimate of drug-likeness (QED) is 0.737. The molecule has 0 aromatic heterocycles. The molecule has 0 bridgehead atoms. The molecular weight excluding hydrogens is 390 g/mol. The van der Waals surface area contributed by atoms with Crippen molar-refractivity contribution in [1.82, 2.24) is 10.2 Å². The number of hydrogen-bond donors (Lipinski definition) is 2. The fourth-order valence-corrected chi connectivity index (χ4v) is 3.91. The second-order valence-corrected chi connectivity index (χ2v) is 7.39. The van der Waals surface area contributed by atoms with E-state index in [9.17, 15) is 9.59 Å². The molecule has 2 N–H and O–H groups in total. The van der Waals surface area contributed by atoms with Crippen LogP contribution in [0.1, 0.15) is 13.3 Å². The van der Waals surface area contributed by atoms with Gasteiger partial charge in [0.25, 0.3) is 0 Å². The lowest BCUT2D eigenvalue weighted by molar-refractivity contribution is -0.134. The minimum absolute atomic E-state index is 0. The molecule has 3 rings (SSSR count). The van der Waals surface area contributed by atoms with E-state index in [1.165, 1.54) is 0 Å². The summed E-state index contributed by atoms with van der Waals surface area (Å²) in [6, 6.07) is 5.48. The van der Waals surface area contributed by atoms with Gasteiger partial charge in [0.2, 0.25) is 11.8 Å². The maximum Gasteiger partial charge on any atom is 0.243 e. The van der Waals surface area contributed by atoms with Crippen LogP contribution in [0.2, 0.25) is 0 Å². The van der Waals surface area contributed by atoms with E-state index in [0.717, 1.165) is 18.1 Å². The summed E-state index contributed by atoms with van der Waals surface area (Å²) in [7, 11) is 0. The van der Waals surface area contributed by atoms with E-state index < -0.39 is 0 Å². The van der Waals surface area contributed by atoms with Gasteiger partial charge in [-0.3, -0.25) is 9.59 Å². The normalized spacial score (nSPS) is 18.2. The number of anilines is 1. The van der Waals surface area contributed by atoms with Crippen LogP contribution in [0, 0.1) is 0 Å².